The van der Waals surface area contributed by atoms with Crippen molar-refractivity contribution in [3.63, 3.8) is 0 Å². The Bertz CT molecular complexity index is 369. The Morgan fingerprint density at radius 1 is 0.257 bits per heavy atom. The largest absolute Gasteiger partial charge is 0.420 e. The van der Waals surface area contributed by atoms with Crippen molar-refractivity contribution in [2.24, 2.45) is 0 Å². The van der Waals surface area contributed by atoms with Gasteiger partial charge in [0.1, 0.15) is 0 Å². The molecule has 0 saturated carbocycles. The van der Waals surface area contributed by atoms with Crippen molar-refractivity contribution in [3.8, 4) is 0 Å². The maximum Gasteiger partial charge on any atom is 0.303 e. The molecule has 0 aromatic rings. The van der Waals surface area contributed by atoms with Crippen LogP contribution in [0.1, 0.15) is 93.4 Å². The van der Waals surface area contributed by atoms with Crippen LogP contribution >= 0.6 is 0 Å². The van der Waals surface area contributed by atoms with Gasteiger partial charge in [-0.05, 0) is 42.3 Å². The van der Waals surface area contributed by atoms with Gasteiger partial charge in [0.25, 0.3) is 0 Å². The lowest BCUT2D eigenvalue weighted by molar-refractivity contribution is 0.279. The van der Waals surface area contributed by atoms with Crippen LogP contribution in [0.2, 0.25) is 42.3 Å². The Labute approximate surface area is 228 Å². The van der Waals surface area contributed by atoms with E-state index in [1.165, 1.54) is 0 Å². The molecule has 1 saturated heterocycles. The Morgan fingerprint density at radius 3 is 0.457 bits per heavy atom. The molecule has 0 N–H and O–H groups in total. The third-order valence-electron chi connectivity index (χ3n) is 5.80. The van der Waals surface area contributed by atoms with E-state index >= 15 is 0 Å². The van der Waals surface area contributed by atoms with E-state index in [-0.39, 0.29) is 0 Å². The number of hydrogen-bond donors (Lipinski definition) is 0. The molecule has 0 amide bonds. The number of rotatable bonds is 14. The van der Waals surface area contributed by atoms with Crippen LogP contribution in [0.25, 0.3) is 0 Å². The average molecular weight is 617 g/mol. The summed E-state index contributed by atoms with van der Waals surface area (Å²) in [6, 6.07) is 7.18. The minimum Gasteiger partial charge on any atom is -0.420 e. The molecule has 1 fully saturated rings. The van der Waals surface area contributed by atoms with Crippen LogP contribution in [0, 0.1) is 0 Å². The van der Waals surface area contributed by atoms with Gasteiger partial charge >= 0.3 is 65.0 Å². The molecule has 0 atom stereocenters. The van der Waals surface area contributed by atoms with Gasteiger partial charge in [-0.1, -0.05) is 93.4 Å². The maximum absolute atomic E-state index is 6.78. The smallest absolute Gasteiger partial charge is 0.303 e. The molecule has 14 heteroatoms. The first-order valence-electron chi connectivity index (χ1n) is 14.6. The first-order valence-corrected chi connectivity index (χ1v) is 26.9. The summed E-state index contributed by atoms with van der Waals surface area (Å²) in [5.41, 5.74) is 0. The average Bonchev–Trinajstić information content (AvgIpc) is 2.79. The van der Waals surface area contributed by atoms with E-state index in [1.807, 2.05) is 0 Å². The van der Waals surface area contributed by atoms with E-state index in [0.29, 0.717) is 0 Å². The van der Waals surface area contributed by atoms with E-state index in [2.05, 4.69) is 48.5 Å². The lowest BCUT2D eigenvalue weighted by Crippen LogP contribution is -2.48. The second kappa shape index (κ2) is 22.1. The molecule has 7 nitrogen and oxygen atoms in total. The molecule has 1 heterocycles. The van der Waals surface area contributed by atoms with E-state index in [4.69, 9.17) is 28.8 Å². The standard InChI is InChI=1S/C21H56O7Si7/c1-8-15-29-22-30(16-9-2)24-32(18-11-4)26-34(20-13-6)28-35(21-14-7)27-33(19-12-5)25-31(23-29)17-10-3/h29-35H,8-21H2,1-7H3. The van der Waals surface area contributed by atoms with Crippen LogP contribution in [0.15, 0.2) is 0 Å². The normalized spacial score (nSPS) is 31.8. The summed E-state index contributed by atoms with van der Waals surface area (Å²) < 4.78 is 47.5. The minimum absolute atomic E-state index is 1.03. The van der Waals surface area contributed by atoms with Crippen molar-refractivity contribution in [1.82, 2.24) is 0 Å². The van der Waals surface area contributed by atoms with Crippen molar-refractivity contribution in [3.05, 3.63) is 0 Å². The Balaban J connectivity index is 3.29. The summed E-state index contributed by atoms with van der Waals surface area (Å²) in [5, 5.41) is 0. The summed E-state index contributed by atoms with van der Waals surface area (Å²) in [5.74, 6) is 0. The van der Waals surface area contributed by atoms with Crippen LogP contribution in [-0.2, 0) is 28.8 Å². The highest BCUT2D eigenvalue weighted by atomic mass is 28.5. The van der Waals surface area contributed by atoms with Gasteiger partial charge in [0, 0.05) is 0 Å². The lowest BCUT2D eigenvalue weighted by Gasteiger charge is -2.34. The second-order valence-corrected chi connectivity index (χ2v) is 27.2. The molecule has 1 aliphatic rings. The van der Waals surface area contributed by atoms with Crippen LogP contribution in [0.3, 0.4) is 0 Å². The van der Waals surface area contributed by atoms with Crippen LogP contribution in [0.5, 0.6) is 0 Å². The number of hydrogen-bond acceptors (Lipinski definition) is 7. The minimum atomic E-state index is -1.84. The van der Waals surface area contributed by atoms with Gasteiger partial charge in [-0.2, -0.15) is 0 Å². The summed E-state index contributed by atoms with van der Waals surface area (Å²) >= 11 is 0. The molecule has 0 spiro atoms. The maximum atomic E-state index is 6.78. The summed E-state index contributed by atoms with van der Waals surface area (Å²) in [6.07, 6.45) is 7.59. The lowest BCUT2D eigenvalue weighted by atomic mass is 10.6. The monoisotopic (exact) mass is 616 g/mol. The third-order valence-corrected chi connectivity index (χ3v) is 30.1. The fourth-order valence-corrected chi connectivity index (χ4v) is 30.3. The van der Waals surface area contributed by atoms with Crippen molar-refractivity contribution in [1.29, 1.82) is 0 Å². The first kappa shape index (κ1) is 34.3. The Morgan fingerprint density at radius 2 is 0.371 bits per heavy atom. The topological polar surface area (TPSA) is 64.6 Å². The Kier molecular flexibility index (Phi) is 21.6. The molecule has 1 aliphatic heterocycles. The van der Waals surface area contributed by atoms with Crippen molar-refractivity contribution in [2.45, 2.75) is 136 Å². The van der Waals surface area contributed by atoms with E-state index in [0.717, 1.165) is 87.3 Å². The first-order chi connectivity index (χ1) is 17.0. The predicted molar refractivity (Wildman–Crippen MR) is 163 cm³/mol. The zero-order valence-electron chi connectivity index (χ0n) is 23.8. The van der Waals surface area contributed by atoms with Crippen LogP contribution < -0.4 is 0 Å². The molecular formula is C21H56O7Si7. The van der Waals surface area contributed by atoms with E-state index in [1.54, 1.807) is 0 Å². The summed E-state index contributed by atoms with van der Waals surface area (Å²) in [4.78, 5) is 0. The highest BCUT2D eigenvalue weighted by Gasteiger charge is 2.34. The zero-order valence-corrected chi connectivity index (χ0v) is 31.9. The molecule has 1 rings (SSSR count). The quantitative estimate of drug-likeness (QED) is 0.266. The molecule has 0 radical (unpaired) electrons. The second-order valence-electron chi connectivity index (χ2n) is 9.48. The SMILES string of the molecule is CCC[SiH]1O[SiH](CCC)O[SiH](CCC)O[SiH](CCC)O[SiH](CCC)O[SiH](CCC)O[SiH](CCC)O1. The van der Waals surface area contributed by atoms with E-state index < -0.39 is 65.0 Å². The molecule has 0 unspecified atom stereocenters. The molecule has 0 bridgehead atoms. The molecule has 0 aromatic heterocycles. The van der Waals surface area contributed by atoms with E-state index in [9.17, 15) is 0 Å². The van der Waals surface area contributed by atoms with Gasteiger partial charge in [-0.3, -0.25) is 0 Å². The van der Waals surface area contributed by atoms with Gasteiger partial charge in [-0.25, -0.2) is 0 Å². The fourth-order valence-electron chi connectivity index (χ4n) is 4.01. The fraction of sp³-hybridized carbons (Fsp3) is 1.00. The summed E-state index contributed by atoms with van der Waals surface area (Å²) in [7, 11) is -12.9. The summed E-state index contributed by atoms with van der Waals surface area (Å²) in [6.45, 7) is 15.6. The van der Waals surface area contributed by atoms with Crippen molar-refractivity contribution in [2.75, 3.05) is 0 Å². The van der Waals surface area contributed by atoms with Gasteiger partial charge in [-0.15, -0.1) is 0 Å². The predicted octanol–water partition coefficient (Wildman–Crippen LogP) is 4.53. The van der Waals surface area contributed by atoms with Gasteiger partial charge < -0.3 is 28.8 Å². The zero-order chi connectivity index (χ0) is 25.9. The third kappa shape index (κ3) is 15.4. The van der Waals surface area contributed by atoms with Gasteiger partial charge in [0.15, 0.2) is 0 Å². The highest BCUT2D eigenvalue weighted by molar-refractivity contribution is 6.74. The molecule has 0 aliphatic carbocycles. The van der Waals surface area contributed by atoms with Crippen LogP contribution in [0.4, 0.5) is 0 Å². The highest BCUT2D eigenvalue weighted by Crippen LogP contribution is 2.20. The van der Waals surface area contributed by atoms with Gasteiger partial charge in [0.05, 0.1) is 0 Å². The molecule has 210 valence electrons. The van der Waals surface area contributed by atoms with Crippen LogP contribution in [-0.4, -0.2) is 65.0 Å². The Hall–Kier alpha value is 1.24. The molecular weight excluding hydrogens is 561 g/mol. The molecule has 0 aromatic carbocycles. The van der Waals surface area contributed by atoms with Crippen molar-refractivity contribution >= 4 is 65.0 Å². The van der Waals surface area contributed by atoms with Gasteiger partial charge in [0.2, 0.25) is 0 Å². The van der Waals surface area contributed by atoms with Crippen molar-refractivity contribution < 1.29 is 28.8 Å². The molecule has 35 heavy (non-hydrogen) atoms.